The van der Waals surface area contributed by atoms with Gasteiger partial charge in [-0.2, -0.15) is 5.10 Å². The number of likely N-dealkylation sites (tertiary alicyclic amines) is 1. The molecule has 2 aromatic heterocycles. The van der Waals surface area contributed by atoms with Crippen LogP contribution in [0.1, 0.15) is 54.6 Å². The summed E-state index contributed by atoms with van der Waals surface area (Å²) in [7, 11) is 0. The highest BCUT2D eigenvalue weighted by Gasteiger charge is 2.66. The van der Waals surface area contributed by atoms with E-state index < -0.39 is 6.04 Å². The first-order chi connectivity index (χ1) is 16.9. The van der Waals surface area contributed by atoms with Crippen LogP contribution < -0.4 is 0 Å². The van der Waals surface area contributed by atoms with Gasteiger partial charge in [0.1, 0.15) is 12.2 Å². The van der Waals surface area contributed by atoms with Crippen molar-refractivity contribution in [1.82, 2.24) is 19.7 Å². The van der Waals surface area contributed by atoms with Gasteiger partial charge < -0.3 is 10.0 Å². The largest absolute Gasteiger partial charge is 0.396 e. The number of fused-ring (bicyclic) bond motifs is 2. The van der Waals surface area contributed by atoms with Crippen molar-refractivity contribution in [3.8, 4) is 0 Å². The number of nitrogens with zero attached hydrogens (tertiary/aromatic N) is 4. The Morgan fingerprint density at radius 1 is 1.14 bits per heavy atom. The number of hydrogen-bond donors (Lipinski definition) is 1. The molecule has 0 bridgehead atoms. The molecule has 8 heteroatoms. The second-order valence-corrected chi connectivity index (χ2v) is 10.4. The molecule has 35 heavy (non-hydrogen) atoms. The molecule has 3 fully saturated rings. The van der Waals surface area contributed by atoms with Crippen molar-refractivity contribution in [2.45, 2.75) is 57.2 Å². The molecule has 1 saturated heterocycles. The Kier molecular flexibility index (Phi) is 5.11. The number of Topliss-reactive ketones (excluding diaryl/α,β-unsaturated/α-hetero) is 2. The second kappa shape index (κ2) is 8.09. The van der Waals surface area contributed by atoms with E-state index in [1.54, 1.807) is 23.4 Å². The number of hydrogen-bond acceptors (Lipinski definition) is 6. The normalized spacial score (nSPS) is 28.7. The van der Waals surface area contributed by atoms with Crippen LogP contribution >= 0.6 is 0 Å². The molecule has 8 nitrogen and oxygen atoms in total. The number of benzene rings is 1. The lowest BCUT2D eigenvalue weighted by Gasteiger charge is -2.27. The number of piperidine rings is 1. The molecule has 180 valence electrons. The van der Waals surface area contributed by atoms with Gasteiger partial charge in [-0.3, -0.25) is 24.0 Å². The maximum atomic E-state index is 13.6. The molecule has 1 aromatic carbocycles. The van der Waals surface area contributed by atoms with Gasteiger partial charge in [-0.05, 0) is 42.7 Å². The standard InChI is InChI=1S/C27H28N4O4/c1-16(33)26-19-7-8-28-13-22(19)30(29-26)14-25(35)31-21(11-27(15-32)12-24(27)31)23(34)10-18-9-20(18)17-5-3-2-4-6-17/h2-8,13,18,20-21,24,32H,9-12,14-15H2,1H3/t18-,20-,21-,24+,27-/m0/s1. The van der Waals surface area contributed by atoms with Crippen molar-refractivity contribution in [2.75, 3.05) is 6.61 Å². The molecule has 5 atom stereocenters. The maximum Gasteiger partial charge on any atom is 0.245 e. The summed E-state index contributed by atoms with van der Waals surface area (Å²) in [4.78, 5) is 44.9. The third-order valence-corrected chi connectivity index (χ3v) is 8.18. The van der Waals surface area contributed by atoms with E-state index in [4.69, 9.17) is 0 Å². The van der Waals surface area contributed by atoms with Crippen molar-refractivity contribution in [2.24, 2.45) is 11.3 Å². The Morgan fingerprint density at radius 3 is 2.69 bits per heavy atom. The number of carbonyl (C=O) groups excluding carboxylic acids is 3. The highest BCUT2D eigenvalue weighted by atomic mass is 16.3. The number of aromatic nitrogens is 3. The van der Waals surface area contributed by atoms with E-state index in [0.717, 1.165) is 12.8 Å². The predicted molar refractivity (Wildman–Crippen MR) is 128 cm³/mol. The zero-order valence-electron chi connectivity index (χ0n) is 19.6. The topological polar surface area (TPSA) is 105 Å². The fourth-order valence-electron chi connectivity index (χ4n) is 6.08. The van der Waals surface area contributed by atoms with Crippen LogP contribution in [-0.4, -0.2) is 60.9 Å². The van der Waals surface area contributed by atoms with Gasteiger partial charge in [0.15, 0.2) is 11.6 Å². The van der Waals surface area contributed by atoms with Crippen molar-refractivity contribution in [3.05, 3.63) is 60.0 Å². The van der Waals surface area contributed by atoms with Gasteiger partial charge in [-0.25, -0.2) is 0 Å². The zero-order valence-corrected chi connectivity index (χ0v) is 19.6. The summed E-state index contributed by atoms with van der Waals surface area (Å²) in [5.41, 5.74) is 1.82. The summed E-state index contributed by atoms with van der Waals surface area (Å²) in [5.74, 6) is 0.404. The lowest BCUT2D eigenvalue weighted by molar-refractivity contribution is -0.139. The van der Waals surface area contributed by atoms with Gasteiger partial charge in [0.05, 0.1) is 24.4 Å². The van der Waals surface area contributed by atoms with E-state index in [0.29, 0.717) is 41.3 Å². The first kappa shape index (κ1) is 22.1. The summed E-state index contributed by atoms with van der Waals surface area (Å²) in [6, 6.07) is 11.3. The first-order valence-electron chi connectivity index (χ1n) is 12.2. The van der Waals surface area contributed by atoms with Gasteiger partial charge in [0, 0.05) is 36.4 Å². The van der Waals surface area contributed by atoms with Crippen LogP contribution in [0, 0.1) is 11.3 Å². The average Bonchev–Trinajstić information content (AvgIpc) is 3.73. The fourth-order valence-corrected chi connectivity index (χ4v) is 6.08. The minimum absolute atomic E-state index is 0.0234. The molecule has 3 heterocycles. The summed E-state index contributed by atoms with van der Waals surface area (Å²) >= 11 is 0. The van der Waals surface area contributed by atoms with Crippen LogP contribution in [0.5, 0.6) is 0 Å². The molecule has 0 spiro atoms. The van der Waals surface area contributed by atoms with E-state index in [1.165, 1.54) is 17.2 Å². The van der Waals surface area contributed by atoms with Crippen LogP contribution in [0.3, 0.4) is 0 Å². The summed E-state index contributed by atoms with van der Waals surface area (Å²) in [5, 5.41) is 15.1. The molecular weight excluding hydrogens is 444 g/mol. The number of pyridine rings is 1. The van der Waals surface area contributed by atoms with Crippen LogP contribution in [-0.2, 0) is 16.1 Å². The van der Waals surface area contributed by atoms with Crippen LogP contribution in [0.4, 0.5) is 0 Å². The third kappa shape index (κ3) is 3.67. The lowest BCUT2D eigenvalue weighted by atomic mass is 9.95. The lowest BCUT2D eigenvalue weighted by Crippen LogP contribution is -2.44. The van der Waals surface area contributed by atoms with Crippen LogP contribution in [0.15, 0.2) is 48.8 Å². The van der Waals surface area contributed by atoms with Crippen LogP contribution in [0.25, 0.3) is 10.9 Å². The molecule has 3 aromatic rings. The van der Waals surface area contributed by atoms with Gasteiger partial charge >= 0.3 is 0 Å². The minimum Gasteiger partial charge on any atom is -0.396 e. The molecule has 0 radical (unpaired) electrons. The molecule has 3 aliphatic rings. The molecule has 2 aliphatic carbocycles. The number of amides is 1. The van der Waals surface area contributed by atoms with E-state index in [9.17, 15) is 19.5 Å². The van der Waals surface area contributed by atoms with Gasteiger partial charge in [0.25, 0.3) is 0 Å². The van der Waals surface area contributed by atoms with Crippen LogP contribution in [0.2, 0.25) is 0 Å². The SMILES string of the molecule is CC(=O)c1nn(CC(=O)N2[C@H](C(=O)C[C@@H]3C[C@H]3c3ccccc3)C[C@@]3(CO)C[C@@H]23)c2cnccc12. The second-order valence-electron chi connectivity index (χ2n) is 10.4. The highest BCUT2D eigenvalue weighted by Crippen LogP contribution is 2.60. The number of carbonyl (C=O) groups is 3. The third-order valence-electron chi connectivity index (χ3n) is 8.18. The number of aliphatic hydroxyl groups excluding tert-OH is 1. The molecule has 1 aliphatic heterocycles. The molecule has 1 N–H and O–H groups in total. The Bertz CT molecular complexity index is 1340. The smallest absolute Gasteiger partial charge is 0.245 e. The van der Waals surface area contributed by atoms with Crippen molar-refractivity contribution < 1.29 is 19.5 Å². The first-order valence-corrected chi connectivity index (χ1v) is 12.2. The Morgan fingerprint density at radius 2 is 1.94 bits per heavy atom. The summed E-state index contributed by atoms with van der Waals surface area (Å²) < 4.78 is 1.51. The zero-order chi connectivity index (χ0) is 24.3. The minimum atomic E-state index is -0.516. The van der Waals surface area contributed by atoms with Crippen molar-refractivity contribution in [3.63, 3.8) is 0 Å². The quantitative estimate of drug-likeness (QED) is 0.506. The maximum absolute atomic E-state index is 13.6. The van der Waals surface area contributed by atoms with E-state index in [2.05, 4.69) is 22.2 Å². The number of aliphatic hydroxyl groups is 1. The van der Waals surface area contributed by atoms with Crippen molar-refractivity contribution >= 4 is 28.4 Å². The molecule has 6 rings (SSSR count). The van der Waals surface area contributed by atoms with E-state index in [-0.39, 0.29) is 42.1 Å². The molecule has 2 saturated carbocycles. The van der Waals surface area contributed by atoms with E-state index in [1.807, 2.05) is 18.2 Å². The number of rotatable bonds is 8. The summed E-state index contributed by atoms with van der Waals surface area (Å²) in [6.07, 6.45) is 5.87. The Balaban J connectivity index is 1.21. The predicted octanol–water partition coefficient (Wildman–Crippen LogP) is 2.75. The van der Waals surface area contributed by atoms with Gasteiger partial charge in [-0.15, -0.1) is 0 Å². The molecular formula is C27H28N4O4. The average molecular weight is 473 g/mol. The molecule has 0 unspecified atom stereocenters. The summed E-state index contributed by atoms with van der Waals surface area (Å²) in [6.45, 7) is 1.35. The monoisotopic (exact) mass is 472 g/mol. The molecule has 1 amide bonds. The Labute approximate surface area is 202 Å². The van der Waals surface area contributed by atoms with Gasteiger partial charge in [-0.1, -0.05) is 30.3 Å². The highest BCUT2D eigenvalue weighted by molar-refractivity contribution is 6.04. The number of ketones is 2. The van der Waals surface area contributed by atoms with E-state index >= 15 is 0 Å². The fraction of sp³-hybridized carbons (Fsp3) is 0.444. The van der Waals surface area contributed by atoms with Crippen molar-refractivity contribution in [1.29, 1.82) is 0 Å². The van der Waals surface area contributed by atoms with Gasteiger partial charge in [0.2, 0.25) is 5.91 Å². The Hall–Kier alpha value is -3.39.